The van der Waals surface area contributed by atoms with E-state index in [1.807, 2.05) is 12.1 Å². The number of rotatable bonds is 5. The molecule has 2 aliphatic rings. The van der Waals surface area contributed by atoms with Crippen LogP contribution in [-0.2, 0) is 4.79 Å². The number of benzene rings is 1. The summed E-state index contributed by atoms with van der Waals surface area (Å²) in [6.07, 6.45) is 4.93. The van der Waals surface area contributed by atoms with Crippen molar-refractivity contribution < 1.29 is 9.53 Å². The van der Waals surface area contributed by atoms with Crippen LogP contribution in [0.2, 0.25) is 0 Å². The summed E-state index contributed by atoms with van der Waals surface area (Å²) in [5, 5.41) is 3.18. The zero-order valence-corrected chi connectivity index (χ0v) is 12.6. The van der Waals surface area contributed by atoms with Crippen LogP contribution >= 0.6 is 0 Å². The Morgan fingerprint density at radius 1 is 1.43 bits per heavy atom. The molecule has 1 aromatic carbocycles. The summed E-state index contributed by atoms with van der Waals surface area (Å²) in [6, 6.07) is 6.28. The van der Waals surface area contributed by atoms with Crippen LogP contribution in [0.5, 0.6) is 5.75 Å². The molecular weight excluding hydrogens is 264 g/mol. The number of fused-ring (bicyclic) bond motifs is 1. The van der Waals surface area contributed by atoms with Crippen molar-refractivity contribution in [1.29, 1.82) is 0 Å². The molecule has 0 aromatic heterocycles. The van der Waals surface area contributed by atoms with Gasteiger partial charge in [-0.15, -0.1) is 0 Å². The maximum Gasteiger partial charge on any atom is 0.223 e. The largest absolute Gasteiger partial charge is 0.493 e. The highest BCUT2D eigenvalue weighted by Crippen LogP contribution is 2.36. The minimum Gasteiger partial charge on any atom is -0.493 e. The lowest BCUT2D eigenvalue weighted by molar-refractivity contribution is -0.123. The summed E-state index contributed by atoms with van der Waals surface area (Å²) in [4.78, 5) is 12.0. The average molecular weight is 288 g/mol. The minimum absolute atomic E-state index is 0.0574. The Morgan fingerprint density at radius 2 is 2.24 bits per heavy atom. The fraction of sp³-hybridized carbons (Fsp3) is 0.588. The lowest BCUT2D eigenvalue weighted by Crippen LogP contribution is -2.33. The van der Waals surface area contributed by atoms with E-state index in [-0.39, 0.29) is 23.9 Å². The van der Waals surface area contributed by atoms with E-state index >= 15 is 0 Å². The molecule has 114 valence electrons. The van der Waals surface area contributed by atoms with E-state index in [4.69, 9.17) is 10.5 Å². The van der Waals surface area contributed by atoms with Crippen molar-refractivity contribution in [3.8, 4) is 5.75 Å². The number of carbonyl (C=O) groups is 1. The quantitative estimate of drug-likeness (QED) is 0.875. The number of hydrogen-bond donors (Lipinski definition) is 2. The molecule has 1 heterocycles. The third kappa shape index (κ3) is 3.21. The molecule has 1 amide bonds. The fourth-order valence-corrected chi connectivity index (χ4v) is 2.91. The number of carbonyl (C=O) groups excluding carboxylic acids is 1. The molecular formula is C17H24N2O2. The fourth-order valence-electron chi connectivity index (χ4n) is 2.91. The molecule has 4 nitrogen and oxygen atoms in total. The third-order valence-corrected chi connectivity index (χ3v) is 4.37. The highest BCUT2D eigenvalue weighted by Gasteiger charge is 2.32. The average Bonchev–Trinajstić information content (AvgIpc) is 3.32. The van der Waals surface area contributed by atoms with Crippen LogP contribution in [0.4, 0.5) is 0 Å². The van der Waals surface area contributed by atoms with Gasteiger partial charge in [0.1, 0.15) is 5.75 Å². The topological polar surface area (TPSA) is 64.3 Å². The highest BCUT2D eigenvalue weighted by molar-refractivity contribution is 5.81. The number of ether oxygens (including phenoxy) is 1. The Labute approximate surface area is 126 Å². The van der Waals surface area contributed by atoms with Gasteiger partial charge in [-0.2, -0.15) is 0 Å². The predicted molar refractivity (Wildman–Crippen MR) is 82.0 cm³/mol. The van der Waals surface area contributed by atoms with Gasteiger partial charge in [0.2, 0.25) is 5.91 Å². The van der Waals surface area contributed by atoms with Gasteiger partial charge in [0.05, 0.1) is 12.6 Å². The molecule has 21 heavy (non-hydrogen) atoms. The Balaban J connectivity index is 1.80. The van der Waals surface area contributed by atoms with Crippen molar-refractivity contribution in [2.75, 3.05) is 6.61 Å². The van der Waals surface area contributed by atoms with Gasteiger partial charge in [-0.25, -0.2) is 0 Å². The first kappa shape index (κ1) is 14.4. The molecule has 1 saturated carbocycles. The molecule has 0 saturated heterocycles. The zero-order valence-electron chi connectivity index (χ0n) is 12.6. The van der Waals surface area contributed by atoms with E-state index in [9.17, 15) is 4.79 Å². The minimum atomic E-state index is 0.0574. The molecule has 3 rings (SSSR count). The highest BCUT2D eigenvalue weighted by atomic mass is 16.5. The maximum atomic E-state index is 12.0. The summed E-state index contributed by atoms with van der Waals surface area (Å²) in [5.74, 6) is 1.31. The van der Waals surface area contributed by atoms with Crippen LogP contribution in [0.25, 0.3) is 0 Å². The van der Waals surface area contributed by atoms with Crippen molar-refractivity contribution >= 4 is 5.91 Å². The van der Waals surface area contributed by atoms with Crippen LogP contribution in [0.15, 0.2) is 18.2 Å². The summed E-state index contributed by atoms with van der Waals surface area (Å²) in [6.45, 7) is 2.79. The van der Waals surface area contributed by atoms with Gasteiger partial charge in [0, 0.05) is 23.9 Å². The molecule has 1 aliphatic carbocycles. The van der Waals surface area contributed by atoms with E-state index < -0.39 is 0 Å². The lowest BCUT2D eigenvalue weighted by atomic mass is 9.94. The Bertz CT molecular complexity index is 526. The van der Waals surface area contributed by atoms with E-state index in [1.165, 1.54) is 0 Å². The number of hydrogen-bond acceptors (Lipinski definition) is 3. The SMILES string of the molecule is CCCC(N)c1ccc2c(c1)C(NC(=O)C1CC1)CCO2. The first-order valence-electron chi connectivity index (χ1n) is 8.01. The summed E-state index contributed by atoms with van der Waals surface area (Å²) in [7, 11) is 0. The second-order valence-corrected chi connectivity index (χ2v) is 6.17. The number of nitrogens with one attached hydrogen (secondary N) is 1. The first-order chi connectivity index (χ1) is 10.2. The molecule has 1 aromatic rings. The standard InChI is InChI=1S/C17H24N2O2/c1-2-3-14(18)12-6-7-16-13(10-12)15(8-9-21-16)19-17(20)11-4-5-11/h6-7,10-11,14-15H,2-5,8-9,18H2,1H3,(H,19,20). The molecule has 2 atom stereocenters. The predicted octanol–water partition coefficient (Wildman–Crippen LogP) is 2.84. The molecule has 0 bridgehead atoms. The Morgan fingerprint density at radius 3 is 2.95 bits per heavy atom. The van der Waals surface area contributed by atoms with Crippen LogP contribution in [0, 0.1) is 5.92 Å². The molecule has 2 unspecified atom stereocenters. The molecule has 3 N–H and O–H groups in total. The van der Waals surface area contributed by atoms with Gasteiger partial charge in [-0.1, -0.05) is 19.4 Å². The van der Waals surface area contributed by atoms with Crippen LogP contribution < -0.4 is 15.8 Å². The summed E-state index contributed by atoms with van der Waals surface area (Å²) >= 11 is 0. The van der Waals surface area contributed by atoms with Crippen molar-refractivity contribution in [2.24, 2.45) is 11.7 Å². The number of amides is 1. The maximum absolute atomic E-state index is 12.0. The van der Waals surface area contributed by atoms with Gasteiger partial charge >= 0.3 is 0 Å². The van der Waals surface area contributed by atoms with Gasteiger partial charge < -0.3 is 15.8 Å². The third-order valence-electron chi connectivity index (χ3n) is 4.37. The van der Waals surface area contributed by atoms with Gasteiger partial charge in [0.25, 0.3) is 0 Å². The second kappa shape index (κ2) is 6.06. The van der Waals surface area contributed by atoms with Gasteiger partial charge in [-0.05, 0) is 37.0 Å². The van der Waals surface area contributed by atoms with Crippen molar-refractivity contribution in [3.05, 3.63) is 29.3 Å². The van der Waals surface area contributed by atoms with E-state index in [1.54, 1.807) is 0 Å². The molecule has 0 spiro atoms. The van der Waals surface area contributed by atoms with Crippen molar-refractivity contribution in [3.63, 3.8) is 0 Å². The summed E-state index contributed by atoms with van der Waals surface area (Å²) < 4.78 is 5.71. The Hall–Kier alpha value is -1.55. The van der Waals surface area contributed by atoms with Crippen LogP contribution in [0.1, 0.15) is 62.2 Å². The second-order valence-electron chi connectivity index (χ2n) is 6.17. The van der Waals surface area contributed by atoms with Crippen LogP contribution in [0.3, 0.4) is 0 Å². The normalized spacial score (nSPS) is 22.1. The monoisotopic (exact) mass is 288 g/mol. The summed E-state index contributed by atoms with van der Waals surface area (Å²) in [5.41, 5.74) is 8.43. The molecule has 1 fully saturated rings. The van der Waals surface area contributed by atoms with Crippen molar-refractivity contribution in [2.45, 2.75) is 51.1 Å². The molecule has 4 heteroatoms. The van der Waals surface area contributed by atoms with Gasteiger partial charge in [0.15, 0.2) is 0 Å². The van der Waals surface area contributed by atoms with Crippen LogP contribution in [-0.4, -0.2) is 12.5 Å². The molecule has 1 aliphatic heterocycles. The van der Waals surface area contributed by atoms with Gasteiger partial charge in [-0.3, -0.25) is 4.79 Å². The lowest BCUT2D eigenvalue weighted by Gasteiger charge is -2.28. The zero-order chi connectivity index (χ0) is 14.8. The van der Waals surface area contributed by atoms with Crippen molar-refractivity contribution in [1.82, 2.24) is 5.32 Å². The van der Waals surface area contributed by atoms with E-state index in [0.29, 0.717) is 6.61 Å². The smallest absolute Gasteiger partial charge is 0.223 e. The Kier molecular flexibility index (Phi) is 4.15. The van der Waals surface area contributed by atoms with E-state index in [0.717, 1.165) is 49.0 Å². The number of nitrogens with two attached hydrogens (primary N) is 1. The van der Waals surface area contributed by atoms with E-state index in [2.05, 4.69) is 18.3 Å². The molecule has 0 radical (unpaired) electrons. The first-order valence-corrected chi connectivity index (χ1v) is 8.01.